The van der Waals surface area contributed by atoms with Gasteiger partial charge in [-0.3, -0.25) is 14.9 Å². The maximum atomic E-state index is 13.5. The van der Waals surface area contributed by atoms with E-state index in [1.807, 2.05) is 68.8 Å². The molecule has 3 aromatic heterocycles. The molecule has 2 amide bonds. The van der Waals surface area contributed by atoms with Crippen LogP contribution in [0.4, 0.5) is 5.95 Å². The SMILES string of the molecule is C[C@H](CO)NCc1ccc2c(c1)nc(NC(=O)c1ccc(-n3cccn3)s1)n2C[C@H]1CCCN1C(=O)C(C#N)=CC(C)(C)C. The summed E-state index contributed by atoms with van der Waals surface area (Å²) in [4.78, 5) is 34.1. The molecule has 230 valence electrons. The molecule has 11 nitrogen and oxygen atoms in total. The summed E-state index contributed by atoms with van der Waals surface area (Å²) in [6, 6.07) is 13.3. The summed E-state index contributed by atoms with van der Waals surface area (Å²) in [7, 11) is 0. The molecule has 4 aromatic rings. The summed E-state index contributed by atoms with van der Waals surface area (Å²) in [6.45, 7) is 9.36. The van der Waals surface area contributed by atoms with E-state index in [0.29, 0.717) is 36.0 Å². The molecule has 0 aliphatic carbocycles. The Morgan fingerprint density at radius 2 is 2.09 bits per heavy atom. The molecular formula is C32H38N8O3S. The minimum Gasteiger partial charge on any atom is -0.395 e. The monoisotopic (exact) mass is 614 g/mol. The maximum Gasteiger partial charge on any atom is 0.268 e. The Labute approximate surface area is 260 Å². The van der Waals surface area contributed by atoms with Crippen molar-refractivity contribution in [1.82, 2.24) is 29.5 Å². The zero-order valence-corrected chi connectivity index (χ0v) is 26.3. The number of carbonyl (C=O) groups is 2. The number of aliphatic hydroxyl groups excluding tert-OH is 1. The molecule has 1 saturated heterocycles. The number of nitrogens with zero attached hydrogens (tertiary/aromatic N) is 6. The van der Waals surface area contributed by atoms with Crippen LogP contribution in [0.5, 0.6) is 0 Å². The van der Waals surface area contributed by atoms with Gasteiger partial charge in [0.15, 0.2) is 0 Å². The maximum absolute atomic E-state index is 13.5. The molecule has 0 bridgehead atoms. The first kappa shape index (κ1) is 31.1. The zero-order valence-electron chi connectivity index (χ0n) is 25.4. The van der Waals surface area contributed by atoms with Crippen LogP contribution in [0.2, 0.25) is 0 Å². The fraction of sp³-hybridized carbons (Fsp3) is 0.406. The first-order chi connectivity index (χ1) is 21.1. The van der Waals surface area contributed by atoms with E-state index >= 15 is 0 Å². The van der Waals surface area contributed by atoms with Crippen molar-refractivity contribution in [3.8, 4) is 11.1 Å². The number of hydrogen-bond acceptors (Lipinski definition) is 8. The highest BCUT2D eigenvalue weighted by Gasteiger charge is 2.32. The van der Waals surface area contributed by atoms with Crippen molar-refractivity contribution in [3.63, 3.8) is 0 Å². The molecule has 1 fully saturated rings. The molecule has 5 rings (SSSR count). The van der Waals surface area contributed by atoms with Crippen molar-refractivity contribution in [2.75, 3.05) is 18.5 Å². The van der Waals surface area contributed by atoms with Crippen LogP contribution in [0.3, 0.4) is 0 Å². The number of carbonyl (C=O) groups excluding carboxylic acids is 2. The number of anilines is 1. The van der Waals surface area contributed by atoms with Crippen molar-refractivity contribution in [2.45, 2.75) is 65.7 Å². The lowest BCUT2D eigenvalue weighted by atomic mass is 9.93. The van der Waals surface area contributed by atoms with Crippen molar-refractivity contribution >= 4 is 40.1 Å². The third kappa shape index (κ3) is 7.07. The molecule has 0 saturated carbocycles. The summed E-state index contributed by atoms with van der Waals surface area (Å²) in [5.74, 6) is -0.170. The Morgan fingerprint density at radius 3 is 2.80 bits per heavy atom. The summed E-state index contributed by atoms with van der Waals surface area (Å²) < 4.78 is 3.66. The molecule has 0 radical (unpaired) electrons. The predicted molar refractivity (Wildman–Crippen MR) is 170 cm³/mol. The van der Waals surface area contributed by atoms with E-state index in [4.69, 9.17) is 4.98 Å². The number of thiophene rings is 1. The molecule has 44 heavy (non-hydrogen) atoms. The third-order valence-electron chi connectivity index (χ3n) is 7.47. The van der Waals surface area contributed by atoms with Gasteiger partial charge in [-0.15, -0.1) is 11.3 Å². The number of rotatable bonds is 10. The van der Waals surface area contributed by atoms with Crippen LogP contribution in [0.1, 0.15) is 55.8 Å². The van der Waals surface area contributed by atoms with Crippen LogP contribution < -0.4 is 10.6 Å². The highest BCUT2D eigenvalue weighted by atomic mass is 32.1. The number of likely N-dealkylation sites (tertiary alicyclic amines) is 1. The van der Waals surface area contributed by atoms with Gasteiger partial charge in [-0.1, -0.05) is 32.9 Å². The number of fused-ring (bicyclic) bond motifs is 1. The number of amides is 2. The second kappa shape index (κ2) is 13.1. The van der Waals surface area contributed by atoms with E-state index in [0.717, 1.165) is 28.9 Å². The van der Waals surface area contributed by atoms with E-state index in [9.17, 15) is 20.0 Å². The molecule has 1 aromatic carbocycles. The largest absolute Gasteiger partial charge is 0.395 e. The minimum atomic E-state index is -0.311. The number of imidazole rings is 1. The van der Waals surface area contributed by atoms with Crippen LogP contribution >= 0.6 is 11.3 Å². The highest BCUT2D eigenvalue weighted by molar-refractivity contribution is 7.16. The van der Waals surface area contributed by atoms with E-state index in [2.05, 4.69) is 21.8 Å². The number of nitriles is 1. The molecule has 12 heteroatoms. The van der Waals surface area contributed by atoms with Gasteiger partial charge in [0.05, 0.1) is 28.6 Å². The molecule has 0 spiro atoms. The van der Waals surface area contributed by atoms with Crippen molar-refractivity contribution in [2.24, 2.45) is 5.41 Å². The van der Waals surface area contributed by atoms with Gasteiger partial charge >= 0.3 is 0 Å². The van der Waals surface area contributed by atoms with Gasteiger partial charge in [-0.05, 0) is 61.1 Å². The van der Waals surface area contributed by atoms with Gasteiger partial charge in [0, 0.05) is 38.1 Å². The van der Waals surface area contributed by atoms with Crippen LogP contribution in [-0.2, 0) is 17.9 Å². The van der Waals surface area contributed by atoms with Crippen molar-refractivity contribution < 1.29 is 14.7 Å². The Morgan fingerprint density at radius 1 is 1.27 bits per heavy atom. The molecule has 3 N–H and O–H groups in total. The highest BCUT2D eigenvalue weighted by Crippen LogP contribution is 2.29. The van der Waals surface area contributed by atoms with Crippen LogP contribution in [0.15, 0.2) is 60.4 Å². The van der Waals surface area contributed by atoms with E-state index < -0.39 is 0 Å². The van der Waals surface area contributed by atoms with E-state index in [1.165, 1.54) is 11.3 Å². The number of nitrogens with one attached hydrogen (secondary N) is 2. The van der Waals surface area contributed by atoms with Gasteiger partial charge in [-0.2, -0.15) is 10.4 Å². The molecule has 2 atom stereocenters. The number of hydrogen-bond donors (Lipinski definition) is 3. The summed E-state index contributed by atoms with van der Waals surface area (Å²) in [5, 5.41) is 30.5. The van der Waals surface area contributed by atoms with E-state index in [-0.39, 0.29) is 41.5 Å². The van der Waals surface area contributed by atoms with Crippen molar-refractivity contribution in [1.29, 1.82) is 5.26 Å². The number of benzene rings is 1. The fourth-order valence-corrected chi connectivity index (χ4v) is 6.13. The van der Waals surface area contributed by atoms with Gasteiger partial charge in [0.25, 0.3) is 11.8 Å². The Kier molecular flexibility index (Phi) is 9.29. The van der Waals surface area contributed by atoms with Gasteiger partial charge < -0.3 is 19.9 Å². The summed E-state index contributed by atoms with van der Waals surface area (Å²) in [6.07, 6.45) is 6.83. The van der Waals surface area contributed by atoms with Gasteiger partial charge in [0.2, 0.25) is 5.95 Å². The second-order valence-corrected chi connectivity index (χ2v) is 13.3. The van der Waals surface area contributed by atoms with Crippen LogP contribution in [0, 0.1) is 16.7 Å². The lowest BCUT2D eigenvalue weighted by Crippen LogP contribution is -2.39. The molecule has 4 heterocycles. The summed E-state index contributed by atoms with van der Waals surface area (Å²) >= 11 is 1.32. The Balaban J connectivity index is 1.45. The smallest absolute Gasteiger partial charge is 0.268 e. The average molecular weight is 615 g/mol. The first-order valence-electron chi connectivity index (χ1n) is 14.7. The molecule has 1 aliphatic rings. The molecule has 0 unspecified atom stereocenters. The topological polar surface area (TPSA) is 141 Å². The number of aliphatic hydroxyl groups is 1. The lowest BCUT2D eigenvalue weighted by molar-refractivity contribution is -0.127. The average Bonchev–Trinajstić information content (AvgIpc) is 3.81. The fourth-order valence-electron chi connectivity index (χ4n) is 5.29. The summed E-state index contributed by atoms with van der Waals surface area (Å²) in [5.41, 5.74) is 2.36. The Bertz CT molecular complexity index is 1710. The first-order valence-corrected chi connectivity index (χ1v) is 15.6. The molecular weight excluding hydrogens is 576 g/mol. The zero-order chi connectivity index (χ0) is 31.4. The van der Waals surface area contributed by atoms with Gasteiger partial charge in [0.1, 0.15) is 16.6 Å². The third-order valence-corrected chi connectivity index (χ3v) is 8.55. The molecule has 1 aliphatic heterocycles. The van der Waals surface area contributed by atoms with E-state index in [1.54, 1.807) is 27.9 Å². The second-order valence-electron chi connectivity index (χ2n) is 12.2. The number of aromatic nitrogens is 4. The minimum absolute atomic E-state index is 0.0347. The standard InChI is InChI=1S/C32H38N8O3S/c1-21(20-41)34-18-22-8-9-26-25(15-22)36-31(37-29(42)27-10-11-28(44-27)40-14-6-12-35-40)39(26)19-24-7-5-13-38(24)30(43)23(17-33)16-32(2,3)4/h6,8-12,14-16,21,24,34,41H,5,7,13,18-20H2,1-4H3,(H,36,37,42)/t21-,24-/m1/s1. The van der Waals surface area contributed by atoms with Gasteiger partial charge in [-0.25, -0.2) is 9.67 Å². The normalized spacial score (nSPS) is 16.3. The lowest BCUT2D eigenvalue weighted by Gasteiger charge is -2.26. The number of allylic oxidation sites excluding steroid dienone is 1. The van der Waals surface area contributed by atoms with Crippen LogP contribution in [0.25, 0.3) is 16.0 Å². The van der Waals surface area contributed by atoms with Crippen LogP contribution in [-0.4, -0.2) is 66.4 Å². The van der Waals surface area contributed by atoms with Crippen molar-refractivity contribution in [3.05, 3.63) is 70.9 Å². The quantitative estimate of drug-likeness (QED) is 0.177. The Hall–Kier alpha value is -4.31. The predicted octanol–water partition coefficient (Wildman–Crippen LogP) is 4.49.